The number of hydrogen-bond acceptors (Lipinski definition) is 4. The number of aryl methyl sites for hydroxylation is 1. The summed E-state index contributed by atoms with van der Waals surface area (Å²) in [7, 11) is 0. The molecule has 0 atom stereocenters. The third-order valence-corrected chi connectivity index (χ3v) is 5.73. The molecule has 0 saturated heterocycles. The predicted molar refractivity (Wildman–Crippen MR) is 110 cm³/mol. The van der Waals surface area contributed by atoms with Gasteiger partial charge in [-0.25, -0.2) is 4.79 Å². The van der Waals surface area contributed by atoms with E-state index in [9.17, 15) is 9.90 Å². The van der Waals surface area contributed by atoms with E-state index < -0.39 is 0 Å². The van der Waals surface area contributed by atoms with Crippen LogP contribution in [-0.2, 0) is 11.3 Å². The summed E-state index contributed by atoms with van der Waals surface area (Å²) >= 11 is 1.47. The Labute approximate surface area is 164 Å². The van der Waals surface area contributed by atoms with E-state index in [-0.39, 0.29) is 11.7 Å². The first-order valence-corrected chi connectivity index (χ1v) is 10.1. The molecule has 0 bridgehead atoms. The van der Waals surface area contributed by atoms with Crippen LogP contribution >= 0.6 is 11.8 Å². The first-order valence-electron chi connectivity index (χ1n) is 9.33. The molecule has 5 heteroatoms. The lowest BCUT2D eigenvalue weighted by Gasteiger charge is -2.09. The largest absolute Gasteiger partial charge is 0.507 e. The third-order valence-electron chi connectivity index (χ3n) is 4.60. The molecule has 1 heterocycles. The van der Waals surface area contributed by atoms with Crippen molar-refractivity contribution >= 4 is 28.6 Å². The van der Waals surface area contributed by atoms with E-state index >= 15 is 0 Å². The van der Waals surface area contributed by atoms with Crippen molar-refractivity contribution in [3.63, 3.8) is 0 Å². The van der Waals surface area contributed by atoms with Gasteiger partial charge in [0.1, 0.15) is 5.75 Å². The number of ether oxygens (including phenoxy) is 1. The van der Waals surface area contributed by atoms with Crippen molar-refractivity contribution in [2.45, 2.75) is 49.9 Å². The second-order valence-electron chi connectivity index (χ2n) is 6.41. The molecule has 0 fully saturated rings. The SMILES string of the molecule is CCCCn1c(C)c(C(=O)OCC)c2c(Sc3ccccc3)c(O)ccc21. The summed E-state index contributed by atoms with van der Waals surface area (Å²) in [6.07, 6.45) is 2.09. The standard InChI is InChI=1S/C22H25NO3S/c1-4-6-14-23-15(3)19(22(25)26-5-2)20-17(23)12-13-18(24)21(20)27-16-10-8-7-9-11-16/h7-13,24H,4-6,14H2,1-3H3. The third kappa shape index (κ3) is 3.83. The average molecular weight is 384 g/mol. The number of esters is 1. The molecule has 3 aromatic rings. The van der Waals surface area contributed by atoms with Crippen molar-refractivity contribution in [1.82, 2.24) is 4.57 Å². The highest BCUT2D eigenvalue weighted by Crippen LogP contribution is 2.43. The Morgan fingerprint density at radius 3 is 2.56 bits per heavy atom. The Hall–Kier alpha value is -2.40. The number of carbonyl (C=O) groups is 1. The molecule has 1 aromatic heterocycles. The van der Waals surface area contributed by atoms with Gasteiger partial charge in [-0.15, -0.1) is 0 Å². The predicted octanol–water partition coefficient (Wildman–Crippen LogP) is 5.78. The Bertz CT molecular complexity index is 947. The fraction of sp³-hybridized carbons (Fsp3) is 0.318. The molecule has 0 radical (unpaired) electrons. The van der Waals surface area contributed by atoms with Crippen LogP contribution in [0, 0.1) is 6.92 Å². The van der Waals surface area contributed by atoms with Gasteiger partial charge in [-0.05, 0) is 44.5 Å². The summed E-state index contributed by atoms with van der Waals surface area (Å²) < 4.78 is 7.50. The highest BCUT2D eigenvalue weighted by molar-refractivity contribution is 7.99. The molecule has 0 aliphatic heterocycles. The zero-order valence-electron chi connectivity index (χ0n) is 16.0. The second kappa shape index (κ2) is 8.53. The van der Waals surface area contributed by atoms with E-state index in [1.165, 1.54) is 11.8 Å². The smallest absolute Gasteiger partial charge is 0.340 e. The molecule has 0 aliphatic rings. The van der Waals surface area contributed by atoms with Crippen molar-refractivity contribution in [2.75, 3.05) is 6.61 Å². The molecular formula is C22H25NO3S. The van der Waals surface area contributed by atoms with Gasteiger partial charge < -0.3 is 14.4 Å². The molecule has 3 rings (SSSR count). The zero-order chi connectivity index (χ0) is 19.4. The number of nitrogens with zero attached hydrogens (tertiary/aromatic N) is 1. The molecule has 0 aliphatic carbocycles. The summed E-state index contributed by atoms with van der Waals surface area (Å²) in [5, 5.41) is 11.4. The van der Waals surface area contributed by atoms with Crippen molar-refractivity contribution in [1.29, 1.82) is 0 Å². The van der Waals surface area contributed by atoms with E-state index in [0.717, 1.165) is 40.9 Å². The van der Waals surface area contributed by atoms with Gasteiger partial charge in [-0.2, -0.15) is 0 Å². The van der Waals surface area contributed by atoms with Crippen LogP contribution in [0.15, 0.2) is 52.3 Å². The molecule has 27 heavy (non-hydrogen) atoms. The van der Waals surface area contributed by atoms with E-state index in [1.54, 1.807) is 13.0 Å². The minimum absolute atomic E-state index is 0.176. The van der Waals surface area contributed by atoms with Gasteiger partial charge in [0.15, 0.2) is 0 Å². The lowest BCUT2D eigenvalue weighted by Crippen LogP contribution is -2.07. The minimum atomic E-state index is -0.337. The van der Waals surface area contributed by atoms with E-state index in [2.05, 4.69) is 11.5 Å². The molecular weight excluding hydrogens is 358 g/mol. The molecule has 0 unspecified atom stereocenters. The topological polar surface area (TPSA) is 51.5 Å². The van der Waals surface area contributed by atoms with Crippen LogP contribution < -0.4 is 0 Å². The number of rotatable bonds is 7. The zero-order valence-corrected chi connectivity index (χ0v) is 16.8. The first-order chi connectivity index (χ1) is 13.1. The Kier molecular flexibility index (Phi) is 6.11. The van der Waals surface area contributed by atoms with Crippen LogP contribution in [0.3, 0.4) is 0 Å². The average Bonchev–Trinajstić information content (AvgIpc) is 2.95. The molecule has 2 aromatic carbocycles. The number of phenols is 1. The van der Waals surface area contributed by atoms with E-state index in [0.29, 0.717) is 17.1 Å². The van der Waals surface area contributed by atoms with Gasteiger partial charge >= 0.3 is 5.97 Å². The number of phenolic OH excluding ortho intramolecular Hbond substituents is 1. The van der Waals surface area contributed by atoms with Crippen LogP contribution in [0.25, 0.3) is 10.9 Å². The number of hydrogen-bond donors (Lipinski definition) is 1. The Morgan fingerprint density at radius 1 is 1.15 bits per heavy atom. The van der Waals surface area contributed by atoms with Crippen LogP contribution in [0.5, 0.6) is 5.75 Å². The lowest BCUT2D eigenvalue weighted by atomic mass is 10.1. The van der Waals surface area contributed by atoms with Crippen molar-refractivity contribution in [2.24, 2.45) is 0 Å². The van der Waals surface area contributed by atoms with Crippen LogP contribution in [0.1, 0.15) is 42.7 Å². The van der Waals surface area contributed by atoms with Crippen molar-refractivity contribution in [3.05, 3.63) is 53.7 Å². The maximum absolute atomic E-state index is 12.8. The maximum Gasteiger partial charge on any atom is 0.340 e. The molecule has 4 nitrogen and oxygen atoms in total. The quantitative estimate of drug-likeness (QED) is 0.525. The van der Waals surface area contributed by atoms with Crippen LogP contribution in [0.4, 0.5) is 0 Å². The highest BCUT2D eigenvalue weighted by atomic mass is 32.2. The van der Waals surface area contributed by atoms with Gasteiger partial charge in [-0.3, -0.25) is 0 Å². The van der Waals surface area contributed by atoms with Gasteiger partial charge in [0, 0.05) is 22.5 Å². The van der Waals surface area contributed by atoms with E-state index in [1.807, 2.05) is 43.3 Å². The van der Waals surface area contributed by atoms with Gasteiger partial charge in [0.25, 0.3) is 0 Å². The summed E-state index contributed by atoms with van der Waals surface area (Å²) in [6.45, 7) is 7.06. The molecule has 142 valence electrons. The van der Waals surface area contributed by atoms with E-state index in [4.69, 9.17) is 4.74 Å². The monoisotopic (exact) mass is 383 g/mol. The van der Waals surface area contributed by atoms with Gasteiger partial charge in [0.2, 0.25) is 0 Å². The van der Waals surface area contributed by atoms with Crippen LogP contribution in [-0.4, -0.2) is 22.2 Å². The molecule has 0 amide bonds. The molecule has 0 saturated carbocycles. The van der Waals surface area contributed by atoms with Gasteiger partial charge in [0.05, 0.1) is 22.6 Å². The van der Waals surface area contributed by atoms with Crippen molar-refractivity contribution < 1.29 is 14.6 Å². The number of unbranched alkanes of at least 4 members (excludes halogenated alkanes) is 1. The Morgan fingerprint density at radius 2 is 1.89 bits per heavy atom. The summed E-state index contributed by atoms with van der Waals surface area (Å²) in [5.41, 5.74) is 2.40. The lowest BCUT2D eigenvalue weighted by molar-refractivity contribution is 0.0527. The molecule has 1 N–H and O–H groups in total. The number of benzene rings is 2. The number of aromatic hydroxyl groups is 1. The van der Waals surface area contributed by atoms with Crippen molar-refractivity contribution in [3.8, 4) is 5.75 Å². The highest BCUT2D eigenvalue weighted by Gasteiger charge is 2.25. The van der Waals surface area contributed by atoms with Crippen LogP contribution in [0.2, 0.25) is 0 Å². The number of fused-ring (bicyclic) bond motifs is 1. The summed E-state index contributed by atoms with van der Waals surface area (Å²) in [5.74, 6) is -0.162. The summed E-state index contributed by atoms with van der Waals surface area (Å²) in [6, 6.07) is 13.5. The maximum atomic E-state index is 12.8. The first kappa shape index (κ1) is 19.4. The number of aromatic nitrogens is 1. The van der Waals surface area contributed by atoms with Gasteiger partial charge in [-0.1, -0.05) is 43.3 Å². The molecule has 0 spiro atoms. The second-order valence-corrected chi connectivity index (χ2v) is 7.49. The fourth-order valence-electron chi connectivity index (χ4n) is 3.29. The summed E-state index contributed by atoms with van der Waals surface area (Å²) in [4.78, 5) is 14.5. The Balaban J connectivity index is 2.24. The fourth-order valence-corrected chi connectivity index (χ4v) is 4.30. The number of carbonyl (C=O) groups excluding carboxylic acids is 1. The minimum Gasteiger partial charge on any atom is -0.507 e. The normalized spacial score (nSPS) is 11.1.